The van der Waals surface area contributed by atoms with Gasteiger partial charge >= 0.3 is 0 Å². The molecule has 0 spiro atoms. The Bertz CT molecular complexity index is 522. The maximum atomic E-state index is 13.2. The molecule has 1 N–H and O–H groups in total. The summed E-state index contributed by atoms with van der Waals surface area (Å²) >= 11 is 0. The molecule has 0 bridgehead atoms. The molecule has 0 heterocycles. The Balaban J connectivity index is 1.95. The van der Waals surface area contributed by atoms with Crippen molar-refractivity contribution in [1.82, 2.24) is 5.32 Å². The molecule has 1 fully saturated rings. The number of halogens is 1. The highest BCUT2D eigenvalue weighted by molar-refractivity contribution is 5.29. The van der Waals surface area contributed by atoms with Crippen LogP contribution in [0.15, 0.2) is 18.2 Å². The van der Waals surface area contributed by atoms with Crippen molar-refractivity contribution in [3.8, 4) is 11.8 Å². The molecule has 3 nitrogen and oxygen atoms in total. The summed E-state index contributed by atoms with van der Waals surface area (Å²) in [5.74, 6) is 0.408. The normalized spacial score (nSPS) is 18.9. The summed E-state index contributed by atoms with van der Waals surface area (Å²) in [4.78, 5) is 0. The van der Waals surface area contributed by atoms with Gasteiger partial charge in [0.2, 0.25) is 0 Å². The summed E-state index contributed by atoms with van der Waals surface area (Å²) in [6.45, 7) is 5.55. The molecular formula is C16H21FN2O. The highest BCUT2D eigenvalue weighted by Crippen LogP contribution is 2.26. The largest absolute Gasteiger partial charge is 0.491 e. The van der Waals surface area contributed by atoms with Gasteiger partial charge in [-0.3, -0.25) is 5.32 Å². The van der Waals surface area contributed by atoms with Gasteiger partial charge in [-0.2, -0.15) is 5.26 Å². The fourth-order valence-corrected chi connectivity index (χ4v) is 2.35. The van der Waals surface area contributed by atoms with E-state index in [-0.39, 0.29) is 11.9 Å². The molecule has 108 valence electrons. The number of hydrogen-bond acceptors (Lipinski definition) is 3. The van der Waals surface area contributed by atoms with Crippen molar-refractivity contribution in [2.75, 3.05) is 0 Å². The van der Waals surface area contributed by atoms with Gasteiger partial charge < -0.3 is 4.74 Å². The minimum absolute atomic E-state index is 0.115. The first-order valence-corrected chi connectivity index (χ1v) is 7.03. The molecule has 2 rings (SSSR count). The number of ether oxygens (including phenoxy) is 1. The molecule has 0 amide bonds. The van der Waals surface area contributed by atoms with E-state index in [0.29, 0.717) is 23.8 Å². The fraction of sp³-hybridized carbons (Fsp3) is 0.562. The molecule has 0 aliphatic heterocycles. The predicted molar refractivity (Wildman–Crippen MR) is 76.0 cm³/mol. The van der Waals surface area contributed by atoms with Crippen molar-refractivity contribution in [3.63, 3.8) is 0 Å². The van der Waals surface area contributed by atoms with Gasteiger partial charge in [0.05, 0.1) is 12.2 Å². The van der Waals surface area contributed by atoms with E-state index < -0.39 is 5.54 Å². The molecule has 1 aromatic carbocycles. The third kappa shape index (κ3) is 3.94. The van der Waals surface area contributed by atoms with Gasteiger partial charge in [0, 0.05) is 12.5 Å². The smallest absolute Gasteiger partial charge is 0.126 e. The van der Waals surface area contributed by atoms with Gasteiger partial charge in [0.1, 0.15) is 17.1 Å². The Kier molecular flexibility index (Phi) is 4.29. The monoisotopic (exact) mass is 276 g/mol. The van der Waals surface area contributed by atoms with Crippen molar-refractivity contribution in [2.45, 2.75) is 57.7 Å². The van der Waals surface area contributed by atoms with Gasteiger partial charge in [-0.05, 0) is 57.4 Å². The van der Waals surface area contributed by atoms with E-state index in [2.05, 4.69) is 11.4 Å². The zero-order valence-corrected chi connectivity index (χ0v) is 12.2. The number of nitrogens with zero attached hydrogens (tertiary/aromatic N) is 1. The fourth-order valence-electron chi connectivity index (χ4n) is 2.35. The van der Waals surface area contributed by atoms with Crippen LogP contribution in [0.2, 0.25) is 0 Å². The molecule has 0 saturated heterocycles. The lowest BCUT2D eigenvalue weighted by Gasteiger charge is -2.27. The molecule has 0 radical (unpaired) electrons. The Morgan fingerprint density at radius 1 is 1.55 bits per heavy atom. The van der Waals surface area contributed by atoms with Crippen molar-refractivity contribution in [1.29, 1.82) is 5.26 Å². The molecule has 1 aliphatic carbocycles. The van der Waals surface area contributed by atoms with E-state index in [1.807, 2.05) is 13.8 Å². The van der Waals surface area contributed by atoms with Gasteiger partial charge in [0.15, 0.2) is 0 Å². The quantitative estimate of drug-likeness (QED) is 0.867. The molecule has 20 heavy (non-hydrogen) atoms. The third-order valence-electron chi connectivity index (χ3n) is 3.51. The Morgan fingerprint density at radius 2 is 2.25 bits per heavy atom. The molecule has 2 unspecified atom stereocenters. The first-order chi connectivity index (χ1) is 9.42. The van der Waals surface area contributed by atoms with Crippen molar-refractivity contribution in [2.24, 2.45) is 0 Å². The van der Waals surface area contributed by atoms with Crippen LogP contribution in [0.5, 0.6) is 5.75 Å². The van der Waals surface area contributed by atoms with Crippen LogP contribution in [0.4, 0.5) is 4.39 Å². The summed E-state index contributed by atoms with van der Waals surface area (Å²) in [7, 11) is 0. The van der Waals surface area contributed by atoms with Gasteiger partial charge in [-0.25, -0.2) is 4.39 Å². The van der Waals surface area contributed by atoms with Crippen LogP contribution in [0.25, 0.3) is 0 Å². The number of benzene rings is 1. The molecule has 1 aliphatic rings. The number of nitriles is 1. The van der Waals surface area contributed by atoms with Gasteiger partial charge in [-0.15, -0.1) is 0 Å². The van der Waals surface area contributed by atoms with Gasteiger partial charge in [0.25, 0.3) is 0 Å². The summed E-state index contributed by atoms with van der Waals surface area (Å²) < 4.78 is 19.0. The van der Waals surface area contributed by atoms with E-state index in [0.717, 1.165) is 12.8 Å². The Labute approximate surface area is 119 Å². The zero-order chi connectivity index (χ0) is 14.8. The SMILES string of the molecule is Cc1cc(OC(C)CC(C)(C#N)NC2CC2)ccc1F. The highest BCUT2D eigenvalue weighted by atomic mass is 19.1. The molecule has 4 heteroatoms. The van der Waals surface area contributed by atoms with E-state index in [4.69, 9.17) is 4.74 Å². The first kappa shape index (κ1) is 14.8. The number of hydrogen-bond donors (Lipinski definition) is 1. The summed E-state index contributed by atoms with van der Waals surface area (Å²) in [5, 5.41) is 12.7. The van der Waals surface area contributed by atoms with Crippen LogP contribution in [0.3, 0.4) is 0 Å². The van der Waals surface area contributed by atoms with Crippen molar-refractivity contribution < 1.29 is 9.13 Å². The second kappa shape index (κ2) is 5.80. The Hall–Kier alpha value is -1.60. The molecule has 0 aromatic heterocycles. The average molecular weight is 276 g/mol. The van der Waals surface area contributed by atoms with Crippen molar-refractivity contribution in [3.05, 3.63) is 29.6 Å². The van der Waals surface area contributed by atoms with Crippen LogP contribution in [-0.2, 0) is 0 Å². The van der Waals surface area contributed by atoms with Crippen molar-refractivity contribution >= 4 is 0 Å². The van der Waals surface area contributed by atoms with Gasteiger partial charge in [-0.1, -0.05) is 0 Å². The first-order valence-electron chi connectivity index (χ1n) is 7.03. The topological polar surface area (TPSA) is 45.0 Å². The van der Waals surface area contributed by atoms with Crippen LogP contribution in [-0.4, -0.2) is 17.7 Å². The van der Waals surface area contributed by atoms with Crippen LogP contribution in [0.1, 0.15) is 38.7 Å². The molecule has 2 atom stereocenters. The maximum Gasteiger partial charge on any atom is 0.126 e. The lowest BCUT2D eigenvalue weighted by Crippen LogP contribution is -2.45. The van der Waals surface area contributed by atoms with Crippen LogP contribution >= 0.6 is 0 Å². The minimum atomic E-state index is -0.574. The molecular weight excluding hydrogens is 255 g/mol. The second-order valence-corrected chi connectivity index (χ2v) is 5.91. The number of nitrogens with one attached hydrogen (secondary N) is 1. The second-order valence-electron chi connectivity index (χ2n) is 5.91. The van der Waals surface area contributed by atoms with Crippen LogP contribution < -0.4 is 10.1 Å². The van der Waals surface area contributed by atoms with Crippen LogP contribution in [0, 0.1) is 24.1 Å². The van der Waals surface area contributed by atoms with E-state index in [1.54, 1.807) is 19.1 Å². The molecule has 1 aromatic rings. The number of aryl methyl sites for hydroxylation is 1. The van der Waals surface area contributed by atoms with E-state index >= 15 is 0 Å². The molecule has 1 saturated carbocycles. The third-order valence-corrected chi connectivity index (χ3v) is 3.51. The lowest BCUT2D eigenvalue weighted by molar-refractivity contribution is 0.179. The Morgan fingerprint density at radius 3 is 2.80 bits per heavy atom. The van der Waals surface area contributed by atoms with E-state index in [9.17, 15) is 9.65 Å². The summed E-state index contributed by atoms with van der Waals surface area (Å²) in [5.41, 5.74) is -0.0100. The summed E-state index contributed by atoms with van der Waals surface area (Å²) in [6, 6.07) is 7.52. The predicted octanol–water partition coefficient (Wildman–Crippen LogP) is 3.33. The minimum Gasteiger partial charge on any atom is -0.491 e. The summed E-state index contributed by atoms with van der Waals surface area (Å²) in [6.07, 6.45) is 2.76. The average Bonchev–Trinajstić information content (AvgIpc) is 3.17. The number of rotatable bonds is 6. The zero-order valence-electron chi connectivity index (χ0n) is 12.2. The highest BCUT2D eigenvalue weighted by Gasteiger charge is 2.34. The van der Waals surface area contributed by atoms with E-state index in [1.165, 1.54) is 6.07 Å². The standard InChI is InChI=1S/C16H21FN2O/c1-11-8-14(6-7-15(11)17)20-12(2)9-16(3,10-18)19-13-4-5-13/h6-8,12-13,19H,4-5,9H2,1-3H3. The lowest BCUT2D eigenvalue weighted by atomic mass is 9.96. The maximum absolute atomic E-state index is 13.2.